The van der Waals surface area contributed by atoms with E-state index in [2.05, 4.69) is 16.4 Å². The normalized spacial score (nSPS) is 8.10. The second-order valence-electron chi connectivity index (χ2n) is 1.45. The number of esters is 1. The summed E-state index contributed by atoms with van der Waals surface area (Å²) in [6.45, 7) is 3.08. The Balaban J connectivity index is 4.53. The Morgan fingerprint density at radius 3 is 2.20 bits per heavy atom. The summed E-state index contributed by atoms with van der Waals surface area (Å²) in [7, 11) is 1.20. The third-order valence-corrected chi connectivity index (χ3v) is 0.810. The number of methoxy groups -OCH3 is 1. The zero-order chi connectivity index (χ0) is 8.15. The van der Waals surface area contributed by atoms with Crippen molar-refractivity contribution in [1.82, 2.24) is 0 Å². The lowest BCUT2D eigenvalue weighted by atomic mass is 10.4. The van der Waals surface area contributed by atoms with Crippen LogP contribution < -0.4 is 11.5 Å². The van der Waals surface area contributed by atoms with Crippen LogP contribution in [-0.4, -0.2) is 19.8 Å². The minimum absolute atomic E-state index is 0.150. The summed E-state index contributed by atoms with van der Waals surface area (Å²) in [4.78, 5) is 13.9. The molecule has 5 nitrogen and oxygen atoms in total. The smallest absolute Gasteiger partial charge is 0.360 e. The van der Waals surface area contributed by atoms with Gasteiger partial charge in [-0.15, -0.1) is 0 Å². The number of aliphatic imine (C=N–C) groups is 1. The Bertz CT molecular complexity index is 181. The Kier molecular flexibility index (Phi) is 2.96. The van der Waals surface area contributed by atoms with E-state index in [0.717, 1.165) is 0 Å². The molecule has 0 bridgehead atoms. The summed E-state index contributed by atoms with van der Waals surface area (Å²) in [6, 6.07) is 0. The lowest BCUT2D eigenvalue weighted by Crippen LogP contribution is -2.17. The van der Waals surface area contributed by atoms with Gasteiger partial charge in [0.15, 0.2) is 5.70 Å². The summed E-state index contributed by atoms with van der Waals surface area (Å²) < 4.78 is 4.27. The van der Waals surface area contributed by atoms with E-state index in [4.69, 9.17) is 11.5 Å². The van der Waals surface area contributed by atoms with Crippen molar-refractivity contribution in [3.63, 3.8) is 0 Å². The van der Waals surface area contributed by atoms with Crippen molar-refractivity contribution in [1.29, 1.82) is 0 Å². The number of carbonyl (C=O) groups excluding carboxylic acids is 1. The van der Waals surface area contributed by atoms with Crippen molar-refractivity contribution < 1.29 is 9.53 Å². The van der Waals surface area contributed by atoms with Gasteiger partial charge in [0.2, 0.25) is 0 Å². The van der Waals surface area contributed by atoms with E-state index in [1.807, 2.05) is 0 Å². The van der Waals surface area contributed by atoms with E-state index in [1.54, 1.807) is 0 Å². The maximum absolute atomic E-state index is 10.6. The molecule has 0 aromatic heterocycles. The Morgan fingerprint density at radius 1 is 1.60 bits per heavy atom. The van der Waals surface area contributed by atoms with Gasteiger partial charge >= 0.3 is 5.97 Å². The molecule has 0 aliphatic carbocycles. The quantitative estimate of drug-likeness (QED) is 0.293. The van der Waals surface area contributed by atoms with Crippen LogP contribution in [0.25, 0.3) is 0 Å². The minimum Gasteiger partial charge on any atom is -0.464 e. The maximum atomic E-state index is 10.6. The number of hydrogen-bond donors (Lipinski definition) is 2. The van der Waals surface area contributed by atoms with Crippen LogP contribution in [0.4, 0.5) is 0 Å². The van der Waals surface area contributed by atoms with Gasteiger partial charge in [-0.1, -0.05) is 0 Å². The van der Waals surface area contributed by atoms with Gasteiger partial charge in [-0.3, -0.25) is 4.99 Å². The zero-order valence-corrected chi connectivity index (χ0v) is 5.63. The van der Waals surface area contributed by atoms with Gasteiger partial charge in [0.05, 0.1) is 7.11 Å². The SMILES string of the molecule is C=NC(C(=O)OC)=C(N)N. The molecule has 0 aliphatic rings. The Hall–Kier alpha value is -1.52. The number of hydrogen-bond acceptors (Lipinski definition) is 5. The fraction of sp³-hybridized carbons (Fsp3) is 0.200. The summed E-state index contributed by atoms with van der Waals surface area (Å²) in [5.74, 6) is -0.878. The van der Waals surface area contributed by atoms with Gasteiger partial charge in [0.25, 0.3) is 0 Å². The van der Waals surface area contributed by atoms with Gasteiger partial charge in [0, 0.05) is 0 Å². The molecule has 0 radical (unpaired) electrons. The molecule has 0 aromatic rings. The molecule has 5 heteroatoms. The van der Waals surface area contributed by atoms with Gasteiger partial charge in [-0.05, 0) is 6.72 Å². The van der Waals surface area contributed by atoms with Crippen molar-refractivity contribution in [3.8, 4) is 0 Å². The van der Waals surface area contributed by atoms with Crippen molar-refractivity contribution in [3.05, 3.63) is 11.5 Å². The molecule has 0 amide bonds. The van der Waals surface area contributed by atoms with Gasteiger partial charge < -0.3 is 16.2 Å². The summed E-state index contributed by atoms with van der Waals surface area (Å²) >= 11 is 0. The first-order chi connectivity index (χ1) is 4.63. The average Bonchev–Trinajstić information content (AvgIpc) is 1.88. The third-order valence-electron chi connectivity index (χ3n) is 0.810. The molecular weight excluding hydrogens is 134 g/mol. The lowest BCUT2D eigenvalue weighted by molar-refractivity contribution is -0.136. The van der Waals surface area contributed by atoms with Crippen LogP contribution in [0.15, 0.2) is 16.5 Å². The predicted molar refractivity (Wildman–Crippen MR) is 37.0 cm³/mol. The number of rotatable bonds is 2. The van der Waals surface area contributed by atoms with E-state index in [1.165, 1.54) is 7.11 Å². The van der Waals surface area contributed by atoms with Crippen LogP contribution in [0.1, 0.15) is 0 Å². The van der Waals surface area contributed by atoms with Crippen LogP contribution in [0.5, 0.6) is 0 Å². The molecule has 0 atom stereocenters. The number of carbonyl (C=O) groups is 1. The van der Waals surface area contributed by atoms with E-state index in [-0.39, 0.29) is 11.5 Å². The highest BCUT2D eigenvalue weighted by Crippen LogP contribution is 1.97. The third kappa shape index (κ3) is 1.77. The van der Waals surface area contributed by atoms with Gasteiger partial charge in [0.1, 0.15) is 5.82 Å². The molecular formula is C5H9N3O2. The van der Waals surface area contributed by atoms with Gasteiger partial charge in [-0.25, -0.2) is 4.79 Å². The summed E-state index contributed by atoms with van der Waals surface area (Å²) in [5, 5.41) is 0. The Labute approximate surface area is 58.4 Å². The molecule has 56 valence electrons. The van der Waals surface area contributed by atoms with Crippen LogP contribution in [0.3, 0.4) is 0 Å². The molecule has 0 saturated heterocycles. The number of nitrogens with two attached hydrogens (primary N) is 2. The highest BCUT2D eigenvalue weighted by atomic mass is 16.5. The molecule has 0 heterocycles. The highest BCUT2D eigenvalue weighted by molar-refractivity contribution is 5.89. The number of ether oxygens (including phenoxy) is 1. The van der Waals surface area contributed by atoms with Crippen LogP contribution in [-0.2, 0) is 9.53 Å². The second-order valence-corrected chi connectivity index (χ2v) is 1.45. The topological polar surface area (TPSA) is 90.7 Å². The van der Waals surface area contributed by atoms with Crippen molar-refractivity contribution >= 4 is 12.7 Å². The highest BCUT2D eigenvalue weighted by Gasteiger charge is 2.09. The van der Waals surface area contributed by atoms with Gasteiger partial charge in [-0.2, -0.15) is 0 Å². The van der Waals surface area contributed by atoms with Crippen molar-refractivity contribution in [2.45, 2.75) is 0 Å². The van der Waals surface area contributed by atoms with Crippen LogP contribution in [0, 0.1) is 0 Å². The first-order valence-electron chi connectivity index (χ1n) is 2.43. The minimum atomic E-state index is -0.685. The fourth-order valence-corrected chi connectivity index (χ4v) is 0.370. The maximum Gasteiger partial charge on any atom is 0.360 e. The molecule has 10 heavy (non-hydrogen) atoms. The fourth-order valence-electron chi connectivity index (χ4n) is 0.370. The monoisotopic (exact) mass is 143 g/mol. The predicted octanol–water partition coefficient (Wildman–Crippen LogP) is -1.05. The summed E-state index contributed by atoms with van der Waals surface area (Å²) in [5.41, 5.74) is 9.94. The molecule has 0 unspecified atom stereocenters. The van der Waals surface area contributed by atoms with E-state index in [0.29, 0.717) is 0 Å². The molecule has 0 fully saturated rings. The Morgan fingerprint density at radius 2 is 2.10 bits per heavy atom. The first-order valence-corrected chi connectivity index (χ1v) is 2.43. The molecule has 0 saturated carbocycles. The van der Waals surface area contributed by atoms with Crippen LogP contribution >= 0.6 is 0 Å². The second kappa shape index (κ2) is 3.49. The standard InChI is InChI=1S/C5H9N3O2/c1-8-3(4(6)7)5(9)10-2/h1,6-7H2,2H3. The molecule has 4 N–H and O–H groups in total. The van der Waals surface area contributed by atoms with E-state index in [9.17, 15) is 4.79 Å². The van der Waals surface area contributed by atoms with E-state index < -0.39 is 5.97 Å². The largest absolute Gasteiger partial charge is 0.464 e. The molecule has 0 rings (SSSR count). The van der Waals surface area contributed by atoms with Crippen molar-refractivity contribution in [2.24, 2.45) is 16.5 Å². The summed E-state index contributed by atoms with van der Waals surface area (Å²) in [6.07, 6.45) is 0. The zero-order valence-electron chi connectivity index (χ0n) is 5.63. The van der Waals surface area contributed by atoms with Crippen molar-refractivity contribution in [2.75, 3.05) is 7.11 Å². The lowest BCUT2D eigenvalue weighted by Gasteiger charge is -1.98. The molecule has 0 spiro atoms. The van der Waals surface area contributed by atoms with E-state index >= 15 is 0 Å². The first kappa shape index (κ1) is 8.48. The molecule has 0 aliphatic heterocycles. The average molecular weight is 143 g/mol. The van der Waals surface area contributed by atoms with Crippen LogP contribution in [0.2, 0.25) is 0 Å². The number of nitrogens with zero attached hydrogens (tertiary/aromatic N) is 1. The molecule has 0 aromatic carbocycles.